The molecule has 1 aliphatic rings. The molecular formula is C21H20FN5O2. The lowest BCUT2D eigenvalue weighted by Gasteiger charge is -2.21. The summed E-state index contributed by atoms with van der Waals surface area (Å²) in [6.45, 7) is 2.15. The van der Waals surface area contributed by atoms with E-state index < -0.39 is 5.54 Å². The van der Waals surface area contributed by atoms with E-state index >= 15 is 0 Å². The summed E-state index contributed by atoms with van der Waals surface area (Å²) >= 11 is 0. The van der Waals surface area contributed by atoms with Gasteiger partial charge in [-0.2, -0.15) is 0 Å². The second-order valence-corrected chi connectivity index (χ2v) is 6.78. The number of ether oxygens (including phenoxy) is 1. The van der Waals surface area contributed by atoms with Crippen LogP contribution in [0.3, 0.4) is 0 Å². The average molecular weight is 393 g/mol. The van der Waals surface area contributed by atoms with E-state index in [-0.39, 0.29) is 5.82 Å². The van der Waals surface area contributed by atoms with Crippen LogP contribution in [-0.2, 0) is 16.7 Å². The highest BCUT2D eigenvalue weighted by atomic mass is 19.1. The lowest BCUT2D eigenvalue weighted by Crippen LogP contribution is -2.30. The molecule has 2 heterocycles. The number of oxazole rings is 1. The van der Waals surface area contributed by atoms with Crippen molar-refractivity contribution in [2.45, 2.75) is 18.9 Å². The van der Waals surface area contributed by atoms with E-state index in [9.17, 15) is 4.39 Å². The zero-order chi connectivity index (χ0) is 20.3. The van der Waals surface area contributed by atoms with E-state index in [1.54, 1.807) is 18.3 Å². The van der Waals surface area contributed by atoms with E-state index in [0.717, 1.165) is 11.3 Å². The fourth-order valence-corrected chi connectivity index (χ4v) is 3.00. The molecule has 1 aliphatic heterocycles. The fraction of sp³-hybridized carbons (Fsp3) is 0.238. The van der Waals surface area contributed by atoms with Crippen molar-refractivity contribution < 1.29 is 13.5 Å². The Bertz CT molecular complexity index is 1030. The van der Waals surface area contributed by atoms with Gasteiger partial charge in [-0.15, -0.1) is 5.11 Å². The third kappa shape index (κ3) is 3.87. The molecule has 0 aliphatic carbocycles. The number of rotatable bonds is 6. The molecule has 29 heavy (non-hydrogen) atoms. The van der Waals surface area contributed by atoms with E-state index in [0.29, 0.717) is 30.7 Å². The van der Waals surface area contributed by atoms with E-state index in [4.69, 9.17) is 9.15 Å². The van der Waals surface area contributed by atoms with Gasteiger partial charge in [0.05, 0.1) is 12.8 Å². The predicted octanol–water partition coefficient (Wildman–Crippen LogP) is 4.84. The number of para-hydroxylation sites is 1. The highest BCUT2D eigenvalue weighted by Gasteiger charge is 2.38. The zero-order valence-corrected chi connectivity index (χ0v) is 16.1. The van der Waals surface area contributed by atoms with Crippen molar-refractivity contribution in [3.8, 4) is 0 Å². The van der Waals surface area contributed by atoms with Gasteiger partial charge in [-0.05, 0) is 42.0 Å². The molecule has 0 saturated heterocycles. The number of aromatic nitrogens is 1. The average Bonchev–Trinajstić information content (AvgIpc) is 3.36. The maximum atomic E-state index is 13.2. The molecule has 1 atom stereocenters. The lowest BCUT2D eigenvalue weighted by molar-refractivity contribution is 0.273. The van der Waals surface area contributed by atoms with Gasteiger partial charge in [0.15, 0.2) is 5.54 Å². The Labute approximate surface area is 167 Å². The van der Waals surface area contributed by atoms with Crippen LogP contribution >= 0.6 is 0 Å². The van der Waals surface area contributed by atoms with Crippen LogP contribution in [0.15, 0.2) is 80.7 Å². The SMILES string of the molecule is CN(c1ccccc1)c1ncc(CCOC2=NN=NC2(C)c2ccc(F)cc2)o1. The molecule has 0 fully saturated rings. The van der Waals surface area contributed by atoms with Gasteiger partial charge in [0, 0.05) is 19.2 Å². The number of anilines is 2. The summed E-state index contributed by atoms with van der Waals surface area (Å²) in [7, 11) is 1.89. The monoisotopic (exact) mass is 393 g/mol. The zero-order valence-electron chi connectivity index (χ0n) is 16.1. The first kappa shape index (κ1) is 18.8. The molecule has 2 aromatic carbocycles. The third-order valence-corrected chi connectivity index (χ3v) is 4.76. The predicted molar refractivity (Wildman–Crippen MR) is 107 cm³/mol. The molecule has 148 valence electrons. The van der Waals surface area contributed by atoms with Crippen LogP contribution in [0.25, 0.3) is 0 Å². The summed E-state index contributed by atoms with van der Waals surface area (Å²) in [6, 6.07) is 16.4. The molecule has 0 N–H and O–H groups in total. The first-order valence-electron chi connectivity index (χ1n) is 9.19. The van der Waals surface area contributed by atoms with E-state index in [1.165, 1.54) is 12.1 Å². The molecule has 1 aromatic heterocycles. The van der Waals surface area contributed by atoms with Gasteiger partial charge in [0.25, 0.3) is 0 Å². The van der Waals surface area contributed by atoms with Crippen molar-refractivity contribution in [3.63, 3.8) is 0 Å². The van der Waals surface area contributed by atoms with Crippen LogP contribution in [0, 0.1) is 5.82 Å². The molecule has 1 unspecified atom stereocenters. The summed E-state index contributed by atoms with van der Waals surface area (Å²) in [6.07, 6.45) is 2.19. The Kier molecular flexibility index (Phi) is 5.07. The van der Waals surface area contributed by atoms with Gasteiger partial charge >= 0.3 is 6.01 Å². The molecule has 0 spiro atoms. The molecule has 0 radical (unpaired) electrons. The minimum Gasteiger partial charge on any atom is -0.477 e. The number of halogens is 1. The Morgan fingerprint density at radius 1 is 1.10 bits per heavy atom. The van der Waals surface area contributed by atoms with Crippen LogP contribution < -0.4 is 4.90 Å². The summed E-state index contributed by atoms with van der Waals surface area (Å²) in [5.74, 6) is 0.747. The number of benzene rings is 2. The Morgan fingerprint density at radius 3 is 2.62 bits per heavy atom. The maximum Gasteiger partial charge on any atom is 0.301 e. The quantitative estimate of drug-likeness (QED) is 0.601. The summed E-state index contributed by atoms with van der Waals surface area (Å²) in [5.41, 5.74) is 0.870. The van der Waals surface area contributed by atoms with Crippen LogP contribution in [0.1, 0.15) is 18.2 Å². The maximum absolute atomic E-state index is 13.2. The lowest BCUT2D eigenvalue weighted by atomic mass is 9.93. The molecule has 0 saturated carbocycles. The van der Waals surface area contributed by atoms with Crippen LogP contribution in [0.4, 0.5) is 16.1 Å². The minimum absolute atomic E-state index is 0.312. The Hall–Kier alpha value is -3.55. The van der Waals surface area contributed by atoms with Crippen LogP contribution in [0.2, 0.25) is 0 Å². The van der Waals surface area contributed by atoms with Crippen molar-refractivity contribution in [2.24, 2.45) is 15.4 Å². The number of nitrogens with zero attached hydrogens (tertiary/aromatic N) is 5. The summed E-state index contributed by atoms with van der Waals surface area (Å²) < 4.78 is 24.9. The first-order valence-corrected chi connectivity index (χ1v) is 9.19. The second-order valence-electron chi connectivity index (χ2n) is 6.78. The van der Waals surface area contributed by atoms with Crippen molar-refractivity contribution in [1.82, 2.24) is 4.98 Å². The van der Waals surface area contributed by atoms with Crippen molar-refractivity contribution in [3.05, 3.63) is 77.9 Å². The highest BCUT2D eigenvalue weighted by Crippen LogP contribution is 2.32. The fourth-order valence-electron chi connectivity index (χ4n) is 3.00. The summed E-state index contributed by atoms with van der Waals surface area (Å²) in [5, 5.41) is 11.9. The highest BCUT2D eigenvalue weighted by molar-refractivity contribution is 5.88. The van der Waals surface area contributed by atoms with Gasteiger partial charge in [-0.3, -0.25) is 4.90 Å². The second kappa shape index (κ2) is 7.83. The summed E-state index contributed by atoms with van der Waals surface area (Å²) in [4.78, 5) is 6.20. The number of hydrogen-bond donors (Lipinski definition) is 0. The van der Waals surface area contributed by atoms with Gasteiger partial charge in [0.2, 0.25) is 5.90 Å². The first-order chi connectivity index (χ1) is 14.1. The Balaban J connectivity index is 1.37. The smallest absolute Gasteiger partial charge is 0.301 e. The van der Waals surface area contributed by atoms with Crippen LogP contribution in [0.5, 0.6) is 0 Å². The van der Waals surface area contributed by atoms with Gasteiger partial charge in [-0.25, -0.2) is 9.37 Å². The van der Waals surface area contributed by atoms with Crippen molar-refractivity contribution >= 4 is 17.6 Å². The van der Waals surface area contributed by atoms with E-state index in [2.05, 4.69) is 20.4 Å². The largest absolute Gasteiger partial charge is 0.477 e. The Morgan fingerprint density at radius 2 is 1.86 bits per heavy atom. The van der Waals surface area contributed by atoms with Gasteiger partial charge in [0.1, 0.15) is 11.6 Å². The molecular weight excluding hydrogens is 373 g/mol. The topological polar surface area (TPSA) is 75.6 Å². The third-order valence-electron chi connectivity index (χ3n) is 4.76. The molecule has 8 heteroatoms. The molecule has 7 nitrogen and oxygen atoms in total. The molecule has 3 aromatic rings. The van der Waals surface area contributed by atoms with E-state index in [1.807, 2.05) is 49.2 Å². The minimum atomic E-state index is -0.867. The van der Waals surface area contributed by atoms with Crippen LogP contribution in [-0.4, -0.2) is 24.5 Å². The van der Waals surface area contributed by atoms with Gasteiger partial charge in [-0.1, -0.05) is 35.4 Å². The molecule has 4 rings (SSSR count). The standard InChI is InChI=1S/C21H20FN5O2/c1-21(15-8-10-16(22)11-9-15)19(24-26-25-21)28-13-12-18-14-23-20(29-18)27(2)17-6-4-3-5-7-17/h3-11,14H,12-13H2,1-2H3. The number of hydrogen-bond acceptors (Lipinski definition) is 7. The normalized spacial score (nSPS) is 18.0. The van der Waals surface area contributed by atoms with Crippen molar-refractivity contribution in [1.29, 1.82) is 0 Å². The van der Waals surface area contributed by atoms with Crippen molar-refractivity contribution in [2.75, 3.05) is 18.6 Å². The molecule has 0 amide bonds. The molecule has 0 bridgehead atoms. The van der Waals surface area contributed by atoms with Gasteiger partial charge < -0.3 is 9.15 Å².